The zero-order valence-electron chi connectivity index (χ0n) is 14.0. The Hall–Kier alpha value is -0.120. The number of likely N-dealkylation sites (N-methyl/N-ethyl adjacent to an activating group) is 1. The van der Waals surface area contributed by atoms with E-state index in [-0.39, 0.29) is 0 Å². The van der Waals surface area contributed by atoms with Crippen molar-refractivity contribution in [3.8, 4) is 0 Å². The molecular formula is C16H35N3. The lowest BCUT2D eigenvalue weighted by atomic mass is 9.91. The maximum atomic E-state index is 3.61. The van der Waals surface area contributed by atoms with Crippen molar-refractivity contribution in [3.05, 3.63) is 0 Å². The van der Waals surface area contributed by atoms with Gasteiger partial charge in [-0.05, 0) is 51.4 Å². The highest BCUT2D eigenvalue weighted by atomic mass is 15.2. The standard InChI is InChI=1S/C16H35N3/c1-14(2)10-17-12-16(3,4)13-19-9-7-8-15(11-19)18(5)6/h14-15,17H,7-13H2,1-6H3. The molecule has 0 radical (unpaired) electrons. The third-order valence-electron chi connectivity index (χ3n) is 4.02. The molecule has 0 aliphatic carbocycles. The molecule has 3 heteroatoms. The van der Waals surface area contributed by atoms with Crippen LogP contribution in [0.5, 0.6) is 0 Å². The van der Waals surface area contributed by atoms with E-state index in [0.29, 0.717) is 5.41 Å². The van der Waals surface area contributed by atoms with Crippen molar-refractivity contribution in [1.82, 2.24) is 15.1 Å². The second kappa shape index (κ2) is 7.61. The Labute approximate surface area is 120 Å². The Morgan fingerprint density at radius 2 is 2.00 bits per heavy atom. The SMILES string of the molecule is CC(C)CNCC(C)(C)CN1CCCC(N(C)C)C1. The molecular weight excluding hydrogens is 234 g/mol. The molecule has 0 aromatic rings. The second-order valence-electron chi connectivity index (χ2n) is 7.68. The van der Waals surface area contributed by atoms with Gasteiger partial charge in [-0.15, -0.1) is 0 Å². The van der Waals surface area contributed by atoms with E-state index >= 15 is 0 Å². The van der Waals surface area contributed by atoms with Gasteiger partial charge in [0.1, 0.15) is 0 Å². The molecule has 1 fully saturated rings. The molecule has 1 rings (SSSR count). The first kappa shape index (κ1) is 16.9. The summed E-state index contributed by atoms with van der Waals surface area (Å²) >= 11 is 0. The first-order valence-electron chi connectivity index (χ1n) is 7.89. The summed E-state index contributed by atoms with van der Waals surface area (Å²) in [6, 6.07) is 0.744. The zero-order valence-corrected chi connectivity index (χ0v) is 14.0. The molecule has 1 atom stereocenters. The Morgan fingerprint density at radius 3 is 2.58 bits per heavy atom. The van der Waals surface area contributed by atoms with Crippen molar-refractivity contribution in [1.29, 1.82) is 0 Å². The van der Waals surface area contributed by atoms with Crippen LogP contribution in [0.25, 0.3) is 0 Å². The number of hydrogen-bond acceptors (Lipinski definition) is 3. The van der Waals surface area contributed by atoms with Crippen LogP contribution in [-0.4, -0.2) is 62.7 Å². The number of hydrogen-bond donors (Lipinski definition) is 1. The fraction of sp³-hybridized carbons (Fsp3) is 1.00. The fourth-order valence-corrected chi connectivity index (χ4v) is 2.96. The molecule has 114 valence electrons. The Balaban J connectivity index is 2.35. The van der Waals surface area contributed by atoms with Gasteiger partial charge < -0.3 is 15.1 Å². The van der Waals surface area contributed by atoms with E-state index in [0.717, 1.165) is 25.0 Å². The molecule has 19 heavy (non-hydrogen) atoms. The minimum absolute atomic E-state index is 0.364. The van der Waals surface area contributed by atoms with Crippen molar-refractivity contribution in [2.24, 2.45) is 11.3 Å². The van der Waals surface area contributed by atoms with Crippen molar-refractivity contribution < 1.29 is 0 Å². The van der Waals surface area contributed by atoms with E-state index in [2.05, 4.69) is 56.9 Å². The first-order chi connectivity index (χ1) is 8.80. The smallest absolute Gasteiger partial charge is 0.0217 e. The van der Waals surface area contributed by atoms with Crippen LogP contribution in [0.4, 0.5) is 0 Å². The lowest BCUT2D eigenvalue weighted by Gasteiger charge is -2.40. The lowest BCUT2D eigenvalue weighted by molar-refractivity contribution is 0.0960. The molecule has 1 aliphatic heterocycles. The number of rotatable bonds is 7. The topological polar surface area (TPSA) is 18.5 Å². The van der Waals surface area contributed by atoms with Crippen molar-refractivity contribution in [2.75, 3.05) is 46.8 Å². The predicted octanol–water partition coefficient (Wildman–Crippen LogP) is 2.28. The molecule has 3 nitrogen and oxygen atoms in total. The first-order valence-corrected chi connectivity index (χ1v) is 7.89. The highest BCUT2D eigenvalue weighted by Crippen LogP contribution is 2.20. The van der Waals surface area contributed by atoms with E-state index in [1.165, 1.54) is 32.5 Å². The van der Waals surface area contributed by atoms with Crippen LogP contribution in [0.15, 0.2) is 0 Å². The van der Waals surface area contributed by atoms with Gasteiger partial charge in [-0.2, -0.15) is 0 Å². The van der Waals surface area contributed by atoms with Crippen LogP contribution in [0.3, 0.4) is 0 Å². The molecule has 1 heterocycles. The van der Waals surface area contributed by atoms with Crippen molar-refractivity contribution in [2.45, 2.75) is 46.6 Å². The number of piperidine rings is 1. The molecule has 1 saturated heterocycles. The highest BCUT2D eigenvalue weighted by molar-refractivity contribution is 4.83. The molecule has 1 aliphatic rings. The van der Waals surface area contributed by atoms with Crippen molar-refractivity contribution in [3.63, 3.8) is 0 Å². The average Bonchev–Trinajstić information content (AvgIpc) is 2.27. The van der Waals surface area contributed by atoms with E-state index in [1.54, 1.807) is 0 Å². The summed E-state index contributed by atoms with van der Waals surface area (Å²) in [5.41, 5.74) is 0.364. The van der Waals surface area contributed by atoms with Crippen LogP contribution < -0.4 is 5.32 Å². The summed E-state index contributed by atoms with van der Waals surface area (Å²) in [4.78, 5) is 5.04. The minimum Gasteiger partial charge on any atom is -0.316 e. The van der Waals surface area contributed by atoms with Gasteiger partial charge in [-0.1, -0.05) is 27.7 Å². The van der Waals surface area contributed by atoms with Crippen LogP contribution in [-0.2, 0) is 0 Å². The van der Waals surface area contributed by atoms with Crippen LogP contribution in [0.2, 0.25) is 0 Å². The molecule has 0 saturated carbocycles. The van der Waals surface area contributed by atoms with Gasteiger partial charge in [0.25, 0.3) is 0 Å². The highest BCUT2D eigenvalue weighted by Gasteiger charge is 2.26. The quantitative estimate of drug-likeness (QED) is 0.765. The normalized spacial score (nSPS) is 22.4. The van der Waals surface area contributed by atoms with E-state index in [1.807, 2.05) is 0 Å². The summed E-state index contributed by atoms with van der Waals surface area (Å²) in [6.07, 6.45) is 2.70. The van der Waals surface area contributed by atoms with Crippen LogP contribution in [0.1, 0.15) is 40.5 Å². The number of nitrogens with one attached hydrogen (secondary N) is 1. The van der Waals surface area contributed by atoms with Gasteiger partial charge in [-0.3, -0.25) is 0 Å². The molecule has 0 spiro atoms. The molecule has 0 aromatic carbocycles. The largest absolute Gasteiger partial charge is 0.316 e. The predicted molar refractivity (Wildman–Crippen MR) is 84.6 cm³/mol. The summed E-state index contributed by atoms with van der Waals surface area (Å²) < 4.78 is 0. The Bertz CT molecular complexity index is 248. The Morgan fingerprint density at radius 1 is 1.32 bits per heavy atom. The summed E-state index contributed by atoms with van der Waals surface area (Å²) in [7, 11) is 4.42. The second-order valence-corrected chi connectivity index (χ2v) is 7.68. The summed E-state index contributed by atoms with van der Waals surface area (Å²) in [5, 5.41) is 3.61. The van der Waals surface area contributed by atoms with Crippen molar-refractivity contribution >= 4 is 0 Å². The molecule has 1 N–H and O–H groups in total. The third kappa shape index (κ3) is 6.73. The monoisotopic (exact) mass is 269 g/mol. The fourth-order valence-electron chi connectivity index (χ4n) is 2.96. The van der Waals surface area contributed by atoms with Gasteiger partial charge in [0.05, 0.1) is 0 Å². The molecule has 1 unspecified atom stereocenters. The Kier molecular flexibility index (Phi) is 6.78. The molecule has 0 amide bonds. The molecule has 0 aromatic heterocycles. The summed E-state index contributed by atoms with van der Waals surface area (Å²) in [5.74, 6) is 0.740. The van der Waals surface area contributed by atoms with Gasteiger partial charge in [-0.25, -0.2) is 0 Å². The summed E-state index contributed by atoms with van der Waals surface area (Å²) in [6.45, 7) is 15.3. The number of likely N-dealkylation sites (tertiary alicyclic amines) is 1. The van der Waals surface area contributed by atoms with E-state index in [4.69, 9.17) is 0 Å². The van der Waals surface area contributed by atoms with Gasteiger partial charge in [0, 0.05) is 25.7 Å². The maximum absolute atomic E-state index is 3.61. The average molecular weight is 269 g/mol. The lowest BCUT2D eigenvalue weighted by Crippen LogP contribution is -2.49. The molecule has 0 bridgehead atoms. The van der Waals surface area contributed by atoms with E-state index in [9.17, 15) is 0 Å². The van der Waals surface area contributed by atoms with Crippen LogP contribution in [0, 0.1) is 11.3 Å². The number of nitrogens with zero attached hydrogens (tertiary/aromatic N) is 2. The van der Waals surface area contributed by atoms with E-state index < -0.39 is 0 Å². The zero-order chi connectivity index (χ0) is 14.5. The van der Waals surface area contributed by atoms with Crippen LogP contribution >= 0.6 is 0 Å². The third-order valence-corrected chi connectivity index (χ3v) is 4.02. The van der Waals surface area contributed by atoms with Gasteiger partial charge in [0.2, 0.25) is 0 Å². The maximum Gasteiger partial charge on any atom is 0.0217 e. The minimum atomic E-state index is 0.364. The van der Waals surface area contributed by atoms with Gasteiger partial charge in [0.15, 0.2) is 0 Å². The van der Waals surface area contributed by atoms with Gasteiger partial charge >= 0.3 is 0 Å².